The van der Waals surface area contributed by atoms with E-state index in [4.69, 9.17) is 0 Å². The number of nitrogens with zero attached hydrogens (tertiary/aromatic N) is 3. The molecule has 0 aliphatic carbocycles. The molecular weight excluding hydrogens is 200 g/mol. The van der Waals surface area contributed by atoms with Crippen molar-refractivity contribution in [2.45, 2.75) is 32.4 Å². The van der Waals surface area contributed by atoms with Crippen LogP contribution in [0.25, 0.3) is 0 Å². The van der Waals surface area contributed by atoms with Crippen LogP contribution in [0.15, 0.2) is 12.5 Å². The van der Waals surface area contributed by atoms with E-state index in [1.807, 2.05) is 12.5 Å². The highest BCUT2D eigenvalue weighted by Crippen LogP contribution is 2.22. The Labute approximate surface area is 97.7 Å². The molecule has 2 rings (SSSR count). The Bertz CT molecular complexity index is 315. The van der Waals surface area contributed by atoms with E-state index in [-0.39, 0.29) is 0 Å². The quantitative estimate of drug-likeness (QED) is 0.814. The zero-order chi connectivity index (χ0) is 11.4. The Morgan fingerprint density at radius 3 is 3.19 bits per heavy atom. The Morgan fingerprint density at radius 1 is 1.62 bits per heavy atom. The van der Waals surface area contributed by atoms with Crippen molar-refractivity contribution in [3.05, 3.63) is 18.2 Å². The van der Waals surface area contributed by atoms with Crippen molar-refractivity contribution in [2.24, 2.45) is 0 Å². The Hall–Kier alpha value is -0.870. The monoisotopic (exact) mass is 222 g/mol. The Morgan fingerprint density at radius 2 is 2.50 bits per heavy atom. The first-order valence-corrected chi connectivity index (χ1v) is 6.23. The van der Waals surface area contributed by atoms with Crippen LogP contribution in [0, 0.1) is 0 Å². The summed E-state index contributed by atoms with van der Waals surface area (Å²) in [7, 11) is 2.16. The summed E-state index contributed by atoms with van der Waals surface area (Å²) in [4.78, 5) is 6.60. The molecule has 0 amide bonds. The molecule has 1 N–H and O–H groups in total. The van der Waals surface area contributed by atoms with E-state index in [9.17, 15) is 0 Å². The molecule has 0 spiro atoms. The molecule has 1 aliphatic heterocycles. The minimum Gasteiger partial charge on any atom is -0.332 e. The zero-order valence-electron chi connectivity index (χ0n) is 10.3. The van der Waals surface area contributed by atoms with E-state index >= 15 is 0 Å². The number of hydrogen-bond donors (Lipinski definition) is 1. The average Bonchev–Trinajstić information content (AvgIpc) is 2.95. The largest absolute Gasteiger partial charge is 0.332 e. The number of likely N-dealkylation sites (N-methyl/N-ethyl adjacent to an activating group) is 1. The fourth-order valence-corrected chi connectivity index (χ4v) is 2.18. The molecule has 1 aromatic heterocycles. The third-order valence-corrected chi connectivity index (χ3v) is 3.42. The molecule has 0 radical (unpaired) electrons. The number of hydrogen-bond acceptors (Lipinski definition) is 3. The lowest BCUT2D eigenvalue weighted by molar-refractivity contribution is 0.331. The van der Waals surface area contributed by atoms with Crippen LogP contribution in [-0.2, 0) is 6.54 Å². The smallest absolute Gasteiger partial charge is 0.0949 e. The molecule has 0 bridgehead atoms. The zero-order valence-corrected chi connectivity index (χ0v) is 10.3. The fraction of sp³-hybridized carbons (Fsp3) is 0.750. The fourth-order valence-electron chi connectivity index (χ4n) is 2.18. The SMILES string of the molecule is CCN(C)CCn1cncc1C1CCCN1. The van der Waals surface area contributed by atoms with Gasteiger partial charge in [0, 0.05) is 25.3 Å². The van der Waals surface area contributed by atoms with Gasteiger partial charge < -0.3 is 14.8 Å². The molecule has 1 fully saturated rings. The summed E-state index contributed by atoms with van der Waals surface area (Å²) in [5.74, 6) is 0. The van der Waals surface area contributed by atoms with Crippen LogP contribution < -0.4 is 5.32 Å². The summed E-state index contributed by atoms with van der Waals surface area (Å²) in [5.41, 5.74) is 1.35. The molecular formula is C12H22N4. The first-order valence-electron chi connectivity index (χ1n) is 6.23. The van der Waals surface area contributed by atoms with Gasteiger partial charge in [-0.05, 0) is 33.0 Å². The molecule has 2 heterocycles. The molecule has 1 unspecified atom stereocenters. The molecule has 4 nitrogen and oxygen atoms in total. The van der Waals surface area contributed by atoms with Gasteiger partial charge in [-0.3, -0.25) is 0 Å². The number of imidazole rings is 1. The minimum absolute atomic E-state index is 0.523. The summed E-state index contributed by atoms with van der Waals surface area (Å²) in [6.07, 6.45) is 6.49. The van der Waals surface area contributed by atoms with E-state index in [0.29, 0.717) is 6.04 Å². The highest BCUT2D eigenvalue weighted by atomic mass is 15.1. The predicted molar refractivity (Wildman–Crippen MR) is 65.4 cm³/mol. The lowest BCUT2D eigenvalue weighted by Gasteiger charge is -2.17. The molecule has 0 saturated carbocycles. The van der Waals surface area contributed by atoms with E-state index in [0.717, 1.165) is 26.2 Å². The third kappa shape index (κ3) is 2.62. The van der Waals surface area contributed by atoms with E-state index < -0.39 is 0 Å². The van der Waals surface area contributed by atoms with Crippen LogP contribution >= 0.6 is 0 Å². The van der Waals surface area contributed by atoms with Crippen LogP contribution in [0.5, 0.6) is 0 Å². The van der Waals surface area contributed by atoms with Gasteiger partial charge in [0.1, 0.15) is 0 Å². The lowest BCUT2D eigenvalue weighted by atomic mass is 10.2. The number of nitrogens with one attached hydrogen (secondary N) is 1. The third-order valence-electron chi connectivity index (χ3n) is 3.42. The van der Waals surface area contributed by atoms with Crippen molar-refractivity contribution < 1.29 is 0 Å². The second kappa shape index (κ2) is 5.46. The van der Waals surface area contributed by atoms with Crippen molar-refractivity contribution in [1.82, 2.24) is 19.8 Å². The van der Waals surface area contributed by atoms with Gasteiger partial charge >= 0.3 is 0 Å². The average molecular weight is 222 g/mol. The molecule has 1 saturated heterocycles. The molecule has 0 aromatic carbocycles. The van der Waals surface area contributed by atoms with Gasteiger partial charge in [0.2, 0.25) is 0 Å². The highest BCUT2D eigenvalue weighted by Gasteiger charge is 2.19. The van der Waals surface area contributed by atoms with Gasteiger partial charge in [-0.25, -0.2) is 4.98 Å². The molecule has 1 aliphatic rings. The van der Waals surface area contributed by atoms with Gasteiger partial charge in [0.15, 0.2) is 0 Å². The summed E-state index contributed by atoms with van der Waals surface area (Å²) in [6.45, 7) is 6.56. The molecule has 1 atom stereocenters. The maximum Gasteiger partial charge on any atom is 0.0949 e. The van der Waals surface area contributed by atoms with Gasteiger partial charge in [0.25, 0.3) is 0 Å². The van der Waals surface area contributed by atoms with Crippen molar-refractivity contribution >= 4 is 0 Å². The highest BCUT2D eigenvalue weighted by molar-refractivity contribution is 5.07. The number of rotatable bonds is 5. The second-order valence-electron chi connectivity index (χ2n) is 4.56. The van der Waals surface area contributed by atoms with Crippen LogP contribution in [0.1, 0.15) is 31.5 Å². The van der Waals surface area contributed by atoms with Crippen molar-refractivity contribution in [3.63, 3.8) is 0 Å². The Balaban J connectivity index is 1.95. The summed E-state index contributed by atoms with van der Waals surface area (Å²) < 4.78 is 2.29. The van der Waals surface area contributed by atoms with Gasteiger partial charge in [-0.2, -0.15) is 0 Å². The van der Waals surface area contributed by atoms with Crippen molar-refractivity contribution in [2.75, 3.05) is 26.7 Å². The summed E-state index contributed by atoms with van der Waals surface area (Å²) >= 11 is 0. The van der Waals surface area contributed by atoms with E-state index in [1.165, 1.54) is 18.5 Å². The first-order chi connectivity index (χ1) is 7.81. The number of aromatic nitrogens is 2. The second-order valence-corrected chi connectivity index (χ2v) is 4.56. The van der Waals surface area contributed by atoms with Crippen LogP contribution in [-0.4, -0.2) is 41.1 Å². The van der Waals surface area contributed by atoms with Crippen LogP contribution in [0.4, 0.5) is 0 Å². The maximum atomic E-state index is 4.27. The van der Waals surface area contributed by atoms with Crippen LogP contribution in [0.2, 0.25) is 0 Å². The van der Waals surface area contributed by atoms with E-state index in [2.05, 4.69) is 33.7 Å². The van der Waals surface area contributed by atoms with Gasteiger partial charge in [-0.15, -0.1) is 0 Å². The normalized spacial score (nSPS) is 20.8. The summed E-state index contributed by atoms with van der Waals surface area (Å²) in [6, 6.07) is 0.523. The topological polar surface area (TPSA) is 33.1 Å². The maximum absolute atomic E-state index is 4.27. The lowest BCUT2D eigenvalue weighted by Crippen LogP contribution is -2.24. The molecule has 4 heteroatoms. The Kier molecular flexibility index (Phi) is 3.96. The van der Waals surface area contributed by atoms with Crippen molar-refractivity contribution in [1.29, 1.82) is 0 Å². The first kappa shape index (κ1) is 11.6. The van der Waals surface area contributed by atoms with Crippen molar-refractivity contribution in [3.8, 4) is 0 Å². The standard InChI is InChI=1S/C12H22N4/c1-3-15(2)7-8-16-10-13-9-12(16)11-5-4-6-14-11/h9-11,14H,3-8H2,1-2H3. The van der Waals surface area contributed by atoms with E-state index in [1.54, 1.807) is 0 Å². The molecule has 90 valence electrons. The molecule has 16 heavy (non-hydrogen) atoms. The minimum atomic E-state index is 0.523. The van der Waals surface area contributed by atoms with Crippen LogP contribution in [0.3, 0.4) is 0 Å². The predicted octanol–water partition coefficient (Wildman–Crippen LogP) is 1.26. The van der Waals surface area contributed by atoms with Gasteiger partial charge in [0.05, 0.1) is 12.0 Å². The van der Waals surface area contributed by atoms with Gasteiger partial charge in [-0.1, -0.05) is 6.92 Å². The summed E-state index contributed by atoms with van der Waals surface area (Å²) in [5, 5.41) is 3.53. The molecule has 1 aromatic rings.